The van der Waals surface area contributed by atoms with Crippen molar-refractivity contribution in [2.75, 3.05) is 23.3 Å². The molecule has 1 aliphatic heterocycles. The van der Waals surface area contributed by atoms with Gasteiger partial charge in [-0.25, -0.2) is 0 Å². The maximum atomic E-state index is 12.7. The third-order valence-corrected chi connectivity index (χ3v) is 7.29. The Morgan fingerprint density at radius 2 is 1.78 bits per heavy atom. The molecule has 6 nitrogen and oxygen atoms in total. The van der Waals surface area contributed by atoms with Crippen LogP contribution >= 0.6 is 0 Å². The van der Waals surface area contributed by atoms with Crippen LogP contribution < -0.4 is 10.2 Å². The van der Waals surface area contributed by atoms with Gasteiger partial charge in [0, 0.05) is 54.5 Å². The fraction of sp³-hybridized carbons (Fsp3) is 0.419. The van der Waals surface area contributed by atoms with Crippen molar-refractivity contribution in [3.63, 3.8) is 0 Å². The minimum absolute atomic E-state index is 0.0643. The topological polar surface area (TPSA) is 75.2 Å². The molecule has 3 atom stereocenters. The van der Waals surface area contributed by atoms with E-state index in [9.17, 15) is 9.59 Å². The SMILES string of the molecule is CC(=O)CC1CC(C)CN(c2ccc(NC(=O)Cc3cnc(-c4ccnc(C)c4)c(C)c3)cc2)CC1C. The van der Waals surface area contributed by atoms with E-state index < -0.39 is 0 Å². The normalized spacial score (nSPS) is 19.8. The molecule has 0 aliphatic carbocycles. The van der Waals surface area contributed by atoms with Gasteiger partial charge in [-0.2, -0.15) is 0 Å². The van der Waals surface area contributed by atoms with Crippen LogP contribution in [-0.2, 0) is 16.0 Å². The lowest BCUT2D eigenvalue weighted by atomic mass is 9.84. The molecule has 0 saturated carbocycles. The van der Waals surface area contributed by atoms with E-state index in [0.717, 1.165) is 59.0 Å². The smallest absolute Gasteiger partial charge is 0.228 e. The maximum Gasteiger partial charge on any atom is 0.228 e. The van der Waals surface area contributed by atoms with E-state index in [1.807, 2.05) is 44.2 Å². The number of ketones is 1. The summed E-state index contributed by atoms with van der Waals surface area (Å²) in [6.07, 6.45) is 5.60. The number of nitrogens with one attached hydrogen (secondary N) is 1. The number of carbonyl (C=O) groups is 2. The third-order valence-electron chi connectivity index (χ3n) is 7.29. The summed E-state index contributed by atoms with van der Waals surface area (Å²) in [5, 5.41) is 3.02. The first-order chi connectivity index (χ1) is 17.7. The number of nitrogens with zero attached hydrogens (tertiary/aromatic N) is 3. The van der Waals surface area contributed by atoms with Crippen LogP contribution in [-0.4, -0.2) is 34.7 Å². The van der Waals surface area contributed by atoms with Crippen LogP contribution in [0.25, 0.3) is 11.3 Å². The standard InChI is InChI=1S/C31H38N4O2/c1-20-12-27(15-24(5)36)22(3)19-35(18-20)29-8-6-28(7-9-29)34-30(37)16-25-13-21(2)31(33-17-25)26-10-11-32-23(4)14-26/h6-11,13-14,17,20,22,27H,12,15-16,18-19H2,1-5H3,(H,34,37). The summed E-state index contributed by atoms with van der Waals surface area (Å²) >= 11 is 0. The van der Waals surface area contributed by atoms with Crippen LogP contribution in [0.5, 0.6) is 0 Å². The highest BCUT2D eigenvalue weighted by Gasteiger charge is 2.28. The molecule has 194 valence electrons. The number of hydrogen-bond acceptors (Lipinski definition) is 5. The fourth-order valence-corrected chi connectivity index (χ4v) is 5.51. The van der Waals surface area contributed by atoms with Crippen molar-refractivity contribution in [2.45, 2.75) is 53.9 Å². The summed E-state index contributed by atoms with van der Waals surface area (Å²) in [5.74, 6) is 1.64. The van der Waals surface area contributed by atoms with Gasteiger partial charge in [0.15, 0.2) is 0 Å². The molecule has 0 spiro atoms. The zero-order valence-corrected chi connectivity index (χ0v) is 22.6. The van der Waals surface area contributed by atoms with Gasteiger partial charge in [0.1, 0.15) is 5.78 Å². The summed E-state index contributed by atoms with van der Waals surface area (Å²) in [5.41, 5.74) is 6.75. The van der Waals surface area contributed by atoms with Gasteiger partial charge in [-0.3, -0.25) is 14.8 Å². The first-order valence-electron chi connectivity index (χ1n) is 13.2. The lowest BCUT2D eigenvalue weighted by Crippen LogP contribution is -2.30. The molecule has 3 aromatic rings. The molecule has 1 aliphatic rings. The van der Waals surface area contributed by atoms with E-state index in [-0.39, 0.29) is 18.1 Å². The summed E-state index contributed by atoms with van der Waals surface area (Å²) in [6, 6.07) is 14.1. The number of amides is 1. The molecule has 4 rings (SSSR count). The average Bonchev–Trinajstić information content (AvgIpc) is 2.96. The molecule has 1 fully saturated rings. The number of aryl methyl sites for hydroxylation is 2. The Labute approximate surface area is 220 Å². The van der Waals surface area contributed by atoms with Crippen molar-refractivity contribution in [2.24, 2.45) is 17.8 Å². The van der Waals surface area contributed by atoms with Gasteiger partial charge in [-0.1, -0.05) is 19.9 Å². The number of anilines is 2. The number of carbonyl (C=O) groups excluding carboxylic acids is 2. The van der Waals surface area contributed by atoms with Crippen molar-refractivity contribution < 1.29 is 9.59 Å². The Bertz CT molecular complexity index is 1250. The number of Topliss-reactive ketones (excluding diaryl/α,β-unsaturated/α-hetero) is 1. The Morgan fingerprint density at radius 1 is 1.03 bits per heavy atom. The molecule has 2 aromatic heterocycles. The van der Waals surface area contributed by atoms with Crippen LogP contribution in [0, 0.1) is 31.6 Å². The summed E-state index contributed by atoms with van der Waals surface area (Å²) in [4.78, 5) is 35.8. The van der Waals surface area contributed by atoms with E-state index >= 15 is 0 Å². The van der Waals surface area contributed by atoms with Gasteiger partial charge in [0.05, 0.1) is 12.1 Å². The fourth-order valence-electron chi connectivity index (χ4n) is 5.51. The maximum absolute atomic E-state index is 12.7. The monoisotopic (exact) mass is 498 g/mol. The quantitative estimate of drug-likeness (QED) is 0.431. The Balaban J connectivity index is 1.37. The van der Waals surface area contributed by atoms with Crippen molar-refractivity contribution >= 4 is 23.1 Å². The summed E-state index contributed by atoms with van der Waals surface area (Å²) in [7, 11) is 0. The summed E-state index contributed by atoms with van der Waals surface area (Å²) in [6.45, 7) is 12.1. The minimum Gasteiger partial charge on any atom is -0.371 e. The highest BCUT2D eigenvalue weighted by molar-refractivity contribution is 5.92. The Hall–Kier alpha value is -3.54. The molecule has 1 N–H and O–H groups in total. The third kappa shape index (κ3) is 7.03. The van der Waals surface area contributed by atoms with Crippen LogP contribution in [0.1, 0.15) is 50.4 Å². The van der Waals surface area contributed by atoms with Crippen LogP contribution in [0.15, 0.2) is 54.9 Å². The van der Waals surface area contributed by atoms with Gasteiger partial charge >= 0.3 is 0 Å². The Morgan fingerprint density at radius 3 is 2.46 bits per heavy atom. The molecule has 0 bridgehead atoms. The van der Waals surface area contributed by atoms with E-state index in [1.165, 1.54) is 0 Å². The van der Waals surface area contributed by atoms with Gasteiger partial charge in [-0.15, -0.1) is 0 Å². The number of hydrogen-bond donors (Lipinski definition) is 1. The van der Waals surface area contributed by atoms with E-state index in [4.69, 9.17) is 0 Å². The van der Waals surface area contributed by atoms with E-state index in [2.05, 4.69) is 46.2 Å². The second kappa shape index (κ2) is 11.7. The molecule has 1 aromatic carbocycles. The first-order valence-corrected chi connectivity index (χ1v) is 13.2. The van der Waals surface area contributed by atoms with E-state index in [1.54, 1.807) is 19.3 Å². The predicted octanol–water partition coefficient (Wildman–Crippen LogP) is 6.02. The van der Waals surface area contributed by atoms with Crippen LogP contribution in [0.2, 0.25) is 0 Å². The molecule has 1 saturated heterocycles. The van der Waals surface area contributed by atoms with Crippen molar-refractivity contribution in [1.29, 1.82) is 0 Å². The molecular formula is C31H38N4O2. The van der Waals surface area contributed by atoms with Crippen molar-refractivity contribution in [1.82, 2.24) is 9.97 Å². The van der Waals surface area contributed by atoms with Crippen LogP contribution in [0.3, 0.4) is 0 Å². The average molecular weight is 499 g/mol. The number of benzene rings is 1. The molecular weight excluding hydrogens is 460 g/mol. The van der Waals surface area contributed by atoms with E-state index in [0.29, 0.717) is 24.2 Å². The molecule has 6 heteroatoms. The zero-order valence-electron chi connectivity index (χ0n) is 22.6. The van der Waals surface area contributed by atoms with Gasteiger partial charge in [-0.05, 0) is 92.5 Å². The molecule has 0 radical (unpaired) electrons. The van der Waals surface area contributed by atoms with Gasteiger partial charge < -0.3 is 15.0 Å². The summed E-state index contributed by atoms with van der Waals surface area (Å²) < 4.78 is 0. The van der Waals surface area contributed by atoms with Crippen molar-refractivity contribution in [3.8, 4) is 11.3 Å². The van der Waals surface area contributed by atoms with Crippen molar-refractivity contribution in [3.05, 3.63) is 71.7 Å². The second-order valence-corrected chi connectivity index (χ2v) is 10.9. The number of aromatic nitrogens is 2. The number of rotatable bonds is 7. The molecule has 1 amide bonds. The molecule has 3 heterocycles. The van der Waals surface area contributed by atoms with Crippen LogP contribution in [0.4, 0.5) is 11.4 Å². The largest absolute Gasteiger partial charge is 0.371 e. The zero-order chi connectivity index (χ0) is 26.5. The van der Waals surface area contributed by atoms with Gasteiger partial charge in [0.2, 0.25) is 5.91 Å². The predicted molar refractivity (Wildman–Crippen MR) is 150 cm³/mol. The molecule has 3 unspecified atom stereocenters. The van der Waals surface area contributed by atoms with Gasteiger partial charge in [0.25, 0.3) is 0 Å². The first kappa shape index (κ1) is 26.5. The lowest BCUT2D eigenvalue weighted by Gasteiger charge is -2.27. The highest BCUT2D eigenvalue weighted by atomic mass is 16.1. The second-order valence-electron chi connectivity index (χ2n) is 10.9. The highest BCUT2D eigenvalue weighted by Crippen LogP contribution is 2.32. The lowest BCUT2D eigenvalue weighted by molar-refractivity contribution is -0.118. The Kier molecular flexibility index (Phi) is 8.37. The minimum atomic E-state index is -0.0643. The molecule has 37 heavy (non-hydrogen) atoms. The number of pyridine rings is 2.